The van der Waals surface area contributed by atoms with Crippen LogP contribution < -0.4 is 14.4 Å². The number of rotatable bonds is 6. The van der Waals surface area contributed by atoms with Gasteiger partial charge in [-0.15, -0.1) is 0 Å². The van der Waals surface area contributed by atoms with Crippen molar-refractivity contribution < 1.29 is 14.3 Å². The lowest BCUT2D eigenvalue weighted by Crippen LogP contribution is -2.27. The minimum absolute atomic E-state index is 0.0107. The number of aryl methyl sites for hydroxylation is 2. The highest BCUT2D eigenvalue weighted by Gasteiger charge is 2.16. The van der Waals surface area contributed by atoms with Crippen LogP contribution in [0.1, 0.15) is 12.2 Å². The lowest BCUT2D eigenvalue weighted by atomic mass is 10.2. The summed E-state index contributed by atoms with van der Waals surface area (Å²) >= 11 is 0. The summed E-state index contributed by atoms with van der Waals surface area (Å²) in [6.45, 7) is 2.52. The van der Waals surface area contributed by atoms with Gasteiger partial charge in [-0.05, 0) is 19.1 Å². The molecule has 6 nitrogen and oxygen atoms in total. The predicted octanol–water partition coefficient (Wildman–Crippen LogP) is 2.26. The van der Waals surface area contributed by atoms with Gasteiger partial charge in [0.05, 0.1) is 19.9 Å². The monoisotopic (exact) mass is 303 g/mol. The second-order valence-corrected chi connectivity index (χ2v) is 4.91. The molecule has 0 aliphatic rings. The molecule has 0 radical (unpaired) electrons. The van der Waals surface area contributed by atoms with Crippen LogP contribution in [0.25, 0.3) is 0 Å². The van der Waals surface area contributed by atoms with E-state index < -0.39 is 0 Å². The van der Waals surface area contributed by atoms with Crippen LogP contribution in [0.5, 0.6) is 11.5 Å². The van der Waals surface area contributed by atoms with Crippen molar-refractivity contribution in [3.8, 4) is 11.5 Å². The number of nitrogens with zero attached hydrogens (tertiary/aromatic N) is 3. The summed E-state index contributed by atoms with van der Waals surface area (Å²) in [4.78, 5) is 18.1. The van der Waals surface area contributed by atoms with Crippen LogP contribution in [-0.2, 0) is 11.3 Å². The van der Waals surface area contributed by atoms with E-state index in [-0.39, 0.29) is 5.91 Å². The van der Waals surface area contributed by atoms with E-state index in [4.69, 9.17) is 9.47 Å². The third-order valence-electron chi connectivity index (χ3n) is 3.61. The van der Waals surface area contributed by atoms with Crippen molar-refractivity contribution in [3.05, 3.63) is 36.4 Å². The van der Waals surface area contributed by atoms with E-state index in [0.717, 1.165) is 11.5 Å². The Labute approximate surface area is 130 Å². The van der Waals surface area contributed by atoms with Gasteiger partial charge in [-0.2, -0.15) is 0 Å². The molecule has 1 amide bonds. The highest BCUT2D eigenvalue weighted by Crippen LogP contribution is 2.31. The van der Waals surface area contributed by atoms with Gasteiger partial charge < -0.3 is 18.9 Å². The van der Waals surface area contributed by atoms with Gasteiger partial charge >= 0.3 is 0 Å². The first-order valence-corrected chi connectivity index (χ1v) is 7.03. The molecule has 6 heteroatoms. The number of hydrogen-bond donors (Lipinski definition) is 0. The third kappa shape index (κ3) is 3.39. The average Bonchev–Trinajstić information content (AvgIpc) is 2.96. The van der Waals surface area contributed by atoms with Gasteiger partial charge in [-0.25, -0.2) is 4.98 Å². The van der Waals surface area contributed by atoms with Crippen molar-refractivity contribution in [3.63, 3.8) is 0 Å². The fourth-order valence-corrected chi connectivity index (χ4v) is 2.22. The Hall–Kier alpha value is -2.50. The number of imidazole rings is 1. The molecule has 0 unspecified atom stereocenters. The molecular weight excluding hydrogens is 282 g/mol. The number of benzene rings is 1. The first-order valence-electron chi connectivity index (χ1n) is 7.03. The molecule has 1 aromatic carbocycles. The zero-order chi connectivity index (χ0) is 16.1. The van der Waals surface area contributed by atoms with Crippen LogP contribution in [0.3, 0.4) is 0 Å². The fourth-order valence-electron chi connectivity index (χ4n) is 2.22. The minimum Gasteiger partial charge on any atom is -0.497 e. The first-order chi connectivity index (χ1) is 10.6. The zero-order valence-corrected chi connectivity index (χ0v) is 13.4. The van der Waals surface area contributed by atoms with Gasteiger partial charge in [0.25, 0.3) is 0 Å². The summed E-state index contributed by atoms with van der Waals surface area (Å²) in [6, 6.07) is 5.39. The van der Waals surface area contributed by atoms with Crippen LogP contribution in [0.15, 0.2) is 30.6 Å². The van der Waals surface area contributed by atoms with Crippen molar-refractivity contribution >= 4 is 11.6 Å². The maximum absolute atomic E-state index is 12.4. The number of carbonyl (C=O) groups excluding carboxylic acids is 1. The van der Waals surface area contributed by atoms with Crippen LogP contribution in [0.4, 0.5) is 5.69 Å². The number of methoxy groups -OCH3 is 2. The number of anilines is 1. The van der Waals surface area contributed by atoms with E-state index in [0.29, 0.717) is 24.5 Å². The van der Waals surface area contributed by atoms with Gasteiger partial charge in [0.15, 0.2) is 0 Å². The molecule has 0 saturated carbocycles. The predicted molar refractivity (Wildman–Crippen MR) is 84.5 cm³/mol. The quantitative estimate of drug-likeness (QED) is 0.821. The molecule has 1 heterocycles. The summed E-state index contributed by atoms with van der Waals surface area (Å²) in [5.41, 5.74) is 0.718. The Morgan fingerprint density at radius 3 is 2.68 bits per heavy atom. The summed E-state index contributed by atoms with van der Waals surface area (Å²) in [7, 11) is 4.91. The number of amides is 1. The summed E-state index contributed by atoms with van der Waals surface area (Å²) < 4.78 is 12.5. The molecule has 0 aliphatic heterocycles. The summed E-state index contributed by atoms with van der Waals surface area (Å²) in [6.07, 6.45) is 4.00. The molecule has 0 fully saturated rings. The maximum atomic E-state index is 12.4. The molecule has 0 N–H and O–H groups in total. The maximum Gasteiger partial charge on any atom is 0.228 e. The molecular formula is C16H21N3O3. The minimum atomic E-state index is 0.0107. The van der Waals surface area contributed by atoms with Crippen LogP contribution in [0, 0.1) is 6.92 Å². The van der Waals surface area contributed by atoms with Crippen molar-refractivity contribution in [2.75, 3.05) is 26.2 Å². The number of hydrogen-bond acceptors (Lipinski definition) is 4. The molecule has 0 bridgehead atoms. The summed E-state index contributed by atoms with van der Waals surface area (Å²) in [5, 5.41) is 0. The van der Waals surface area contributed by atoms with Gasteiger partial charge in [-0.3, -0.25) is 4.79 Å². The molecule has 0 atom stereocenters. The SMILES string of the molecule is COc1ccc(N(C)C(=O)CCn2ccnc2C)c(OC)c1. The molecule has 2 aromatic rings. The van der Waals surface area contributed by atoms with Crippen molar-refractivity contribution in [2.24, 2.45) is 0 Å². The van der Waals surface area contributed by atoms with E-state index in [1.54, 1.807) is 38.4 Å². The van der Waals surface area contributed by atoms with Gasteiger partial charge in [0.2, 0.25) is 5.91 Å². The molecule has 118 valence electrons. The normalized spacial score (nSPS) is 10.4. The summed E-state index contributed by atoms with van der Waals surface area (Å²) in [5.74, 6) is 2.21. The Morgan fingerprint density at radius 2 is 2.09 bits per heavy atom. The number of carbonyl (C=O) groups is 1. The van der Waals surface area contributed by atoms with E-state index in [1.807, 2.05) is 29.8 Å². The highest BCUT2D eigenvalue weighted by atomic mass is 16.5. The Bertz CT molecular complexity index is 652. The van der Waals surface area contributed by atoms with Crippen LogP contribution in [0.2, 0.25) is 0 Å². The molecule has 22 heavy (non-hydrogen) atoms. The first kappa shape index (κ1) is 15.9. The van der Waals surface area contributed by atoms with Crippen LogP contribution >= 0.6 is 0 Å². The average molecular weight is 303 g/mol. The molecule has 2 rings (SSSR count). The van der Waals surface area contributed by atoms with Crippen molar-refractivity contribution in [1.82, 2.24) is 9.55 Å². The highest BCUT2D eigenvalue weighted by molar-refractivity contribution is 5.94. The number of aromatic nitrogens is 2. The second-order valence-electron chi connectivity index (χ2n) is 4.91. The lowest BCUT2D eigenvalue weighted by molar-refractivity contribution is -0.118. The molecule has 0 spiro atoms. The van der Waals surface area contributed by atoms with Gasteiger partial charge in [-0.1, -0.05) is 0 Å². The van der Waals surface area contributed by atoms with Gasteiger partial charge in [0, 0.05) is 38.5 Å². The van der Waals surface area contributed by atoms with E-state index in [1.165, 1.54) is 0 Å². The molecule has 1 aromatic heterocycles. The topological polar surface area (TPSA) is 56.6 Å². The van der Waals surface area contributed by atoms with E-state index >= 15 is 0 Å². The second kappa shape index (κ2) is 6.98. The standard InChI is InChI=1S/C16H21N3O3/c1-12-17-8-10-19(12)9-7-16(20)18(2)14-6-5-13(21-3)11-15(14)22-4/h5-6,8,10-11H,7,9H2,1-4H3. The zero-order valence-electron chi connectivity index (χ0n) is 13.4. The largest absolute Gasteiger partial charge is 0.497 e. The smallest absolute Gasteiger partial charge is 0.228 e. The van der Waals surface area contributed by atoms with E-state index in [2.05, 4.69) is 4.98 Å². The van der Waals surface area contributed by atoms with Crippen molar-refractivity contribution in [1.29, 1.82) is 0 Å². The molecule has 0 saturated heterocycles. The number of ether oxygens (including phenoxy) is 2. The Balaban J connectivity index is 2.08. The molecule has 0 aliphatic carbocycles. The Morgan fingerprint density at radius 1 is 1.32 bits per heavy atom. The van der Waals surface area contributed by atoms with Crippen LogP contribution in [-0.4, -0.2) is 36.7 Å². The third-order valence-corrected chi connectivity index (χ3v) is 3.61. The fraction of sp³-hybridized carbons (Fsp3) is 0.375. The van der Waals surface area contributed by atoms with Gasteiger partial charge in [0.1, 0.15) is 17.3 Å². The Kier molecular flexibility index (Phi) is 5.04. The lowest BCUT2D eigenvalue weighted by Gasteiger charge is -2.20. The van der Waals surface area contributed by atoms with Crippen molar-refractivity contribution in [2.45, 2.75) is 19.9 Å². The van der Waals surface area contributed by atoms with E-state index in [9.17, 15) is 4.79 Å².